The van der Waals surface area contributed by atoms with E-state index in [1.54, 1.807) is 0 Å². The molecule has 4 nitrogen and oxygen atoms in total. The highest BCUT2D eigenvalue weighted by Gasteiger charge is 2.28. The average Bonchev–Trinajstić information content (AvgIpc) is 2.74. The van der Waals surface area contributed by atoms with Gasteiger partial charge in [0, 0.05) is 30.6 Å². The summed E-state index contributed by atoms with van der Waals surface area (Å²) in [7, 11) is 0. The molecule has 1 aliphatic carbocycles. The standard InChI is InChI=1S/C23H35ClN2O2/c1-2-3-4-18-5-7-20(8-6-18)23(27)25-17-22(26-13-15-28-16-14-26)19-9-11-21(24)12-10-19/h9-12,18,20,22H,2-8,13-17H2,1H3,(H,25,27)/t18?,20?,22-/m0/s1. The quantitative estimate of drug-likeness (QED) is 0.672. The number of benzene rings is 1. The van der Waals surface area contributed by atoms with E-state index in [4.69, 9.17) is 16.3 Å². The second-order valence-electron chi connectivity index (χ2n) is 8.32. The van der Waals surface area contributed by atoms with Crippen LogP contribution in [0.25, 0.3) is 0 Å². The number of hydrogen-bond acceptors (Lipinski definition) is 3. The summed E-state index contributed by atoms with van der Waals surface area (Å²) in [6.07, 6.45) is 8.44. The lowest BCUT2D eigenvalue weighted by molar-refractivity contribution is -0.126. The summed E-state index contributed by atoms with van der Waals surface area (Å²) < 4.78 is 5.51. The van der Waals surface area contributed by atoms with Crippen molar-refractivity contribution in [2.75, 3.05) is 32.8 Å². The number of nitrogens with zero attached hydrogens (tertiary/aromatic N) is 1. The molecule has 1 aromatic carbocycles. The molecule has 2 fully saturated rings. The maximum absolute atomic E-state index is 12.8. The molecule has 0 radical (unpaired) electrons. The van der Waals surface area contributed by atoms with Crippen molar-refractivity contribution in [3.63, 3.8) is 0 Å². The van der Waals surface area contributed by atoms with E-state index in [9.17, 15) is 4.79 Å². The fourth-order valence-electron chi connectivity index (χ4n) is 4.58. The fourth-order valence-corrected chi connectivity index (χ4v) is 4.71. The van der Waals surface area contributed by atoms with E-state index < -0.39 is 0 Å². The molecule has 0 unspecified atom stereocenters. The third-order valence-electron chi connectivity index (χ3n) is 6.39. The molecular weight excluding hydrogens is 372 g/mol. The van der Waals surface area contributed by atoms with Gasteiger partial charge in [0.15, 0.2) is 0 Å². The molecule has 1 aromatic rings. The Bertz CT molecular complexity index is 593. The molecule has 0 aromatic heterocycles. The van der Waals surface area contributed by atoms with Crippen LogP contribution < -0.4 is 5.32 Å². The molecule has 1 amide bonds. The van der Waals surface area contributed by atoms with Crippen LogP contribution in [0.4, 0.5) is 0 Å². The lowest BCUT2D eigenvalue weighted by atomic mass is 9.79. The normalized spacial score (nSPS) is 24.6. The van der Waals surface area contributed by atoms with Crippen molar-refractivity contribution in [3.8, 4) is 0 Å². The number of amides is 1. The first-order chi connectivity index (χ1) is 13.7. The van der Waals surface area contributed by atoms with E-state index in [2.05, 4.69) is 29.3 Å². The Morgan fingerprint density at radius 1 is 1.18 bits per heavy atom. The highest BCUT2D eigenvalue weighted by molar-refractivity contribution is 6.30. The van der Waals surface area contributed by atoms with Gasteiger partial charge in [-0.05, 0) is 49.3 Å². The number of halogens is 1. The molecule has 1 aliphatic heterocycles. The van der Waals surface area contributed by atoms with E-state index in [0.717, 1.165) is 50.1 Å². The highest BCUT2D eigenvalue weighted by Crippen LogP contribution is 2.32. The van der Waals surface area contributed by atoms with E-state index in [1.165, 1.54) is 37.7 Å². The molecule has 1 N–H and O–H groups in total. The Morgan fingerprint density at radius 2 is 1.86 bits per heavy atom. The Hall–Kier alpha value is -1.10. The van der Waals surface area contributed by atoms with Gasteiger partial charge in [-0.1, -0.05) is 49.9 Å². The second-order valence-corrected chi connectivity index (χ2v) is 8.76. The molecular formula is C23H35ClN2O2. The monoisotopic (exact) mass is 406 g/mol. The van der Waals surface area contributed by atoms with Crippen LogP contribution in [0.2, 0.25) is 5.02 Å². The molecule has 2 aliphatic rings. The van der Waals surface area contributed by atoms with Gasteiger partial charge in [0.25, 0.3) is 0 Å². The summed E-state index contributed by atoms with van der Waals surface area (Å²) in [5.41, 5.74) is 1.20. The Labute approximate surface area is 175 Å². The average molecular weight is 407 g/mol. The van der Waals surface area contributed by atoms with Gasteiger partial charge >= 0.3 is 0 Å². The lowest BCUT2D eigenvalue weighted by Gasteiger charge is -2.35. The van der Waals surface area contributed by atoms with E-state index in [0.29, 0.717) is 6.54 Å². The van der Waals surface area contributed by atoms with Crippen LogP contribution in [-0.4, -0.2) is 43.7 Å². The van der Waals surface area contributed by atoms with Crippen LogP contribution in [0.15, 0.2) is 24.3 Å². The van der Waals surface area contributed by atoms with Crippen molar-refractivity contribution in [2.24, 2.45) is 11.8 Å². The number of unbranched alkanes of at least 4 members (excludes halogenated alkanes) is 1. The molecule has 1 atom stereocenters. The van der Waals surface area contributed by atoms with Gasteiger partial charge in [-0.3, -0.25) is 9.69 Å². The summed E-state index contributed by atoms with van der Waals surface area (Å²) in [4.78, 5) is 15.2. The highest BCUT2D eigenvalue weighted by atomic mass is 35.5. The summed E-state index contributed by atoms with van der Waals surface area (Å²) in [6.45, 7) is 6.19. The zero-order chi connectivity index (χ0) is 19.8. The third kappa shape index (κ3) is 6.20. The maximum Gasteiger partial charge on any atom is 0.223 e. The largest absolute Gasteiger partial charge is 0.379 e. The second kappa shape index (κ2) is 11.2. The van der Waals surface area contributed by atoms with Gasteiger partial charge in [0.1, 0.15) is 0 Å². The molecule has 0 spiro atoms. The van der Waals surface area contributed by atoms with E-state index >= 15 is 0 Å². The Morgan fingerprint density at radius 3 is 2.50 bits per heavy atom. The fraction of sp³-hybridized carbons (Fsp3) is 0.696. The third-order valence-corrected chi connectivity index (χ3v) is 6.65. The Kier molecular flexibility index (Phi) is 8.63. The van der Waals surface area contributed by atoms with E-state index in [-0.39, 0.29) is 17.9 Å². The number of nitrogens with one attached hydrogen (secondary N) is 1. The molecule has 1 saturated heterocycles. The minimum atomic E-state index is 0.172. The van der Waals surface area contributed by atoms with Gasteiger partial charge < -0.3 is 10.1 Å². The topological polar surface area (TPSA) is 41.6 Å². The smallest absolute Gasteiger partial charge is 0.223 e. The van der Waals surface area contributed by atoms with Crippen LogP contribution in [0.1, 0.15) is 63.5 Å². The van der Waals surface area contributed by atoms with Gasteiger partial charge in [0.2, 0.25) is 5.91 Å². The zero-order valence-electron chi connectivity index (χ0n) is 17.2. The molecule has 0 bridgehead atoms. The van der Waals surface area contributed by atoms with Crippen LogP contribution in [0.5, 0.6) is 0 Å². The zero-order valence-corrected chi connectivity index (χ0v) is 17.9. The molecule has 28 heavy (non-hydrogen) atoms. The Balaban J connectivity index is 1.54. The molecule has 156 valence electrons. The van der Waals surface area contributed by atoms with Gasteiger partial charge in [-0.15, -0.1) is 0 Å². The predicted molar refractivity (Wildman–Crippen MR) is 115 cm³/mol. The van der Waals surface area contributed by atoms with Crippen LogP contribution >= 0.6 is 11.6 Å². The molecule has 3 rings (SSSR count). The minimum Gasteiger partial charge on any atom is -0.379 e. The lowest BCUT2D eigenvalue weighted by Crippen LogP contribution is -2.45. The molecule has 1 saturated carbocycles. The number of rotatable bonds is 8. The number of morpholine rings is 1. The van der Waals surface area contributed by atoms with Crippen LogP contribution in [-0.2, 0) is 9.53 Å². The van der Waals surface area contributed by atoms with Crippen LogP contribution in [0.3, 0.4) is 0 Å². The number of hydrogen-bond donors (Lipinski definition) is 1. The molecule has 5 heteroatoms. The number of ether oxygens (including phenoxy) is 1. The summed E-state index contributed by atoms with van der Waals surface area (Å²) in [5.74, 6) is 1.26. The van der Waals surface area contributed by atoms with Gasteiger partial charge in [-0.25, -0.2) is 0 Å². The van der Waals surface area contributed by atoms with Crippen LogP contribution in [0, 0.1) is 11.8 Å². The van der Waals surface area contributed by atoms with Crippen molar-refractivity contribution in [3.05, 3.63) is 34.9 Å². The number of carbonyl (C=O) groups is 1. The first kappa shape index (κ1) is 21.6. The SMILES string of the molecule is CCCCC1CCC(C(=O)NC[C@@H](c2ccc(Cl)cc2)N2CCOCC2)CC1. The summed E-state index contributed by atoms with van der Waals surface area (Å²) >= 11 is 6.07. The van der Waals surface area contributed by atoms with Gasteiger partial charge in [0.05, 0.1) is 19.3 Å². The molecule has 1 heterocycles. The van der Waals surface area contributed by atoms with Gasteiger partial charge in [-0.2, -0.15) is 0 Å². The van der Waals surface area contributed by atoms with E-state index in [1.807, 2.05) is 12.1 Å². The van der Waals surface area contributed by atoms with Crippen molar-refractivity contribution in [1.82, 2.24) is 10.2 Å². The number of carbonyl (C=O) groups excluding carboxylic acids is 1. The minimum absolute atomic E-state index is 0.172. The maximum atomic E-state index is 12.8. The van der Waals surface area contributed by atoms with Crippen molar-refractivity contribution >= 4 is 17.5 Å². The van der Waals surface area contributed by atoms with Crippen molar-refractivity contribution in [2.45, 2.75) is 57.9 Å². The summed E-state index contributed by atoms with van der Waals surface area (Å²) in [5, 5.41) is 4.01. The van der Waals surface area contributed by atoms with Crippen molar-refractivity contribution in [1.29, 1.82) is 0 Å². The van der Waals surface area contributed by atoms with Crippen molar-refractivity contribution < 1.29 is 9.53 Å². The first-order valence-corrected chi connectivity index (χ1v) is 11.4. The summed E-state index contributed by atoms with van der Waals surface area (Å²) in [6, 6.07) is 8.19. The predicted octanol–water partition coefficient (Wildman–Crippen LogP) is 4.83. The first-order valence-electron chi connectivity index (χ1n) is 11.0.